The first-order valence-electron chi connectivity index (χ1n) is 7.99. The van der Waals surface area contributed by atoms with Crippen molar-refractivity contribution in [3.05, 3.63) is 34.7 Å². The lowest BCUT2D eigenvalue weighted by molar-refractivity contribution is 0.0779. The highest BCUT2D eigenvalue weighted by molar-refractivity contribution is 7.21. The number of anilines is 1. The van der Waals surface area contributed by atoms with Crippen LogP contribution in [0.25, 0.3) is 21.1 Å². The first-order valence-corrected chi connectivity index (χ1v) is 8.81. The number of aryl methyl sites for hydroxylation is 1. The van der Waals surface area contributed by atoms with Crippen LogP contribution in [-0.4, -0.2) is 28.9 Å². The number of rotatable bonds is 4. The second kappa shape index (κ2) is 6.16. The molecule has 1 amide bonds. The van der Waals surface area contributed by atoms with E-state index in [1.807, 2.05) is 19.9 Å². The van der Waals surface area contributed by atoms with E-state index in [-0.39, 0.29) is 5.91 Å². The maximum absolute atomic E-state index is 12.6. The number of nitrogen functional groups attached to an aromatic ring is 1. The van der Waals surface area contributed by atoms with Crippen LogP contribution in [0.2, 0.25) is 0 Å². The molecule has 0 radical (unpaired) electrons. The van der Waals surface area contributed by atoms with Gasteiger partial charge in [0.15, 0.2) is 0 Å². The zero-order valence-electron chi connectivity index (χ0n) is 13.7. The Labute approximate surface area is 139 Å². The van der Waals surface area contributed by atoms with Gasteiger partial charge in [-0.05, 0) is 44.0 Å². The first-order chi connectivity index (χ1) is 11.1. The molecule has 23 heavy (non-hydrogen) atoms. The molecule has 0 saturated carbocycles. The van der Waals surface area contributed by atoms with Crippen molar-refractivity contribution in [2.24, 2.45) is 0 Å². The molecule has 0 bridgehead atoms. The Morgan fingerprint density at radius 3 is 2.61 bits per heavy atom. The Balaban J connectivity index is 2.17. The molecular weight excluding hydrogens is 306 g/mol. The number of pyridine rings is 1. The summed E-state index contributed by atoms with van der Waals surface area (Å²) in [6.45, 7) is 7.44. The fourth-order valence-electron chi connectivity index (χ4n) is 2.79. The molecule has 0 fully saturated rings. The molecule has 3 aromatic rings. The number of hydrogen-bond donors (Lipinski definition) is 1. The van der Waals surface area contributed by atoms with Gasteiger partial charge in [-0.3, -0.25) is 4.79 Å². The minimum atomic E-state index is -0.00574. The Kier molecular flexibility index (Phi) is 4.22. The molecule has 0 unspecified atom stereocenters. The van der Waals surface area contributed by atoms with Crippen molar-refractivity contribution in [2.45, 2.75) is 27.2 Å². The second-order valence-corrected chi connectivity index (χ2v) is 6.54. The highest BCUT2D eigenvalue weighted by atomic mass is 32.1. The normalized spacial score (nSPS) is 11.3. The van der Waals surface area contributed by atoms with Gasteiger partial charge >= 0.3 is 0 Å². The average molecular weight is 327 g/mol. The number of nitrogens with zero attached hydrogens (tertiary/aromatic N) is 2. The van der Waals surface area contributed by atoms with Crippen molar-refractivity contribution >= 4 is 44.1 Å². The predicted octanol–water partition coefficient (Wildman–Crippen LogP) is 4.08. The van der Waals surface area contributed by atoms with Crippen molar-refractivity contribution in [2.75, 3.05) is 18.8 Å². The molecule has 0 atom stereocenters. The monoisotopic (exact) mass is 327 g/mol. The number of amides is 1. The van der Waals surface area contributed by atoms with Crippen LogP contribution in [0.1, 0.15) is 36.0 Å². The van der Waals surface area contributed by atoms with E-state index in [9.17, 15) is 4.79 Å². The molecule has 0 saturated heterocycles. The molecule has 0 aliphatic carbocycles. The highest BCUT2D eigenvalue weighted by Gasteiger charge is 2.21. The van der Waals surface area contributed by atoms with Crippen molar-refractivity contribution < 1.29 is 4.79 Å². The minimum Gasteiger partial charge on any atom is -0.397 e. The maximum Gasteiger partial charge on any atom is 0.266 e. The van der Waals surface area contributed by atoms with E-state index in [2.05, 4.69) is 25.1 Å². The van der Waals surface area contributed by atoms with Gasteiger partial charge in [-0.15, -0.1) is 11.3 Å². The summed E-state index contributed by atoms with van der Waals surface area (Å²) in [5.74, 6) is -0.00574. The van der Waals surface area contributed by atoms with Gasteiger partial charge in [-0.1, -0.05) is 13.0 Å². The molecule has 120 valence electrons. The number of benzene rings is 1. The average Bonchev–Trinajstić information content (AvgIpc) is 2.89. The van der Waals surface area contributed by atoms with Gasteiger partial charge in [0, 0.05) is 23.9 Å². The fraction of sp³-hybridized carbons (Fsp3) is 0.333. The van der Waals surface area contributed by atoms with Crippen molar-refractivity contribution in [3.8, 4) is 0 Å². The van der Waals surface area contributed by atoms with Crippen molar-refractivity contribution in [1.82, 2.24) is 9.88 Å². The molecule has 5 heteroatoms. The van der Waals surface area contributed by atoms with E-state index in [0.717, 1.165) is 27.5 Å². The largest absolute Gasteiger partial charge is 0.397 e. The third kappa shape index (κ3) is 2.65. The van der Waals surface area contributed by atoms with Crippen LogP contribution in [-0.2, 0) is 6.42 Å². The lowest BCUT2D eigenvalue weighted by Crippen LogP contribution is -2.30. The fourth-order valence-corrected chi connectivity index (χ4v) is 3.84. The van der Waals surface area contributed by atoms with Gasteiger partial charge in [-0.2, -0.15) is 0 Å². The zero-order valence-corrected chi connectivity index (χ0v) is 14.5. The maximum atomic E-state index is 12.6. The lowest BCUT2D eigenvalue weighted by Gasteiger charge is -2.17. The van der Waals surface area contributed by atoms with Gasteiger partial charge in [0.05, 0.1) is 11.2 Å². The topological polar surface area (TPSA) is 59.2 Å². The SMILES string of the molecule is CCc1ccc2nc3sc(C(=O)N(CC)CC)c(N)c3cc2c1. The molecule has 2 N–H and O–H groups in total. The molecular formula is C18H21N3OS. The number of fused-ring (bicyclic) bond motifs is 2. The molecule has 0 aliphatic heterocycles. The zero-order chi connectivity index (χ0) is 16.6. The Morgan fingerprint density at radius 1 is 1.22 bits per heavy atom. The molecule has 3 rings (SSSR count). The van der Waals surface area contributed by atoms with E-state index < -0.39 is 0 Å². The van der Waals surface area contributed by atoms with Crippen LogP contribution >= 0.6 is 11.3 Å². The Bertz CT molecular complexity index is 881. The van der Waals surface area contributed by atoms with E-state index in [1.54, 1.807) is 4.90 Å². The predicted molar refractivity (Wildman–Crippen MR) is 98.2 cm³/mol. The number of nitrogens with two attached hydrogens (primary N) is 1. The van der Waals surface area contributed by atoms with E-state index in [0.29, 0.717) is 23.7 Å². The molecule has 0 spiro atoms. The molecule has 2 aromatic heterocycles. The van der Waals surface area contributed by atoms with Gasteiger partial charge in [0.1, 0.15) is 9.71 Å². The first kappa shape index (κ1) is 15.7. The second-order valence-electron chi connectivity index (χ2n) is 5.54. The number of thiophene rings is 1. The van der Waals surface area contributed by atoms with Crippen LogP contribution in [0.15, 0.2) is 24.3 Å². The summed E-state index contributed by atoms with van der Waals surface area (Å²) in [6.07, 6.45) is 0.985. The summed E-state index contributed by atoms with van der Waals surface area (Å²) in [4.78, 5) is 20.5. The van der Waals surface area contributed by atoms with Crippen LogP contribution in [0.3, 0.4) is 0 Å². The lowest BCUT2D eigenvalue weighted by atomic mass is 10.1. The van der Waals surface area contributed by atoms with Gasteiger partial charge in [0.25, 0.3) is 5.91 Å². The minimum absolute atomic E-state index is 0.00574. The summed E-state index contributed by atoms with van der Waals surface area (Å²) < 4.78 is 0. The molecule has 0 aliphatic rings. The van der Waals surface area contributed by atoms with Crippen LogP contribution < -0.4 is 5.73 Å². The summed E-state index contributed by atoms with van der Waals surface area (Å²) >= 11 is 1.39. The smallest absolute Gasteiger partial charge is 0.266 e. The third-order valence-electron chi connectivity index (χ3n) is 4.23. The summed E-state index contributed by atoms with van der Waals surface area (Å²) in [7, 11) is 0. The quantitative estimate of drug-likeness (QED) is 0.785. The van der Waals surface area contributed by atoms with Gasteiger partial charge < -0.3 is 10.6 Å². The highest BCUT2D eigenvalue weighted by Crippen LogP contribution is 2.35. The summed E-state index contributed by atoms with van der Waals surface area (Å²) in [5, 5.41) is 1.95. The number of hydrogen-bond acceptors (Lipinski definition) is 4. The van der Waals surface area contributed by atoms with Crippen LogP contribution in [0.4, 0.5) is 5.69 Å². The van der Waals surface area contributed by atoms with Gasteiger partial charge in [0.2, 0.25) is 0 Å². The molecule has 4 nitrogen and oxygen atoms in total. The number of carbonyl (C=O) groups is 1. The number of carbonyl (C=O) groups excluding carboxylic acids is 1. The number of aromatic nitrogens is 1. The standard InChI is InChI=1S/C18H21N3OS/c1-4-11-7-8-14-12(9-11)10-13-15(19)16(23-17(13)20-14)18(22)21(5-2)6-3/h7-10H,4-6,19H2,1-3H3. The summed E-state index contributed by atoms with van der Waals surface area (Å²) in [5.41, 5.74) is 9.04. The van der Waals surface area contributed by atoms with Crippen LogP contribution in [0.5, 0.6) is 0 Å². The van der Waals surface area contributed by atoms with Crippen molar-refractivity contribution in [3.63, 3.8) is 0 Å². The van der Waals surface area contributed by atoms with E-state index in [4.69, 9.17) is 10.7 Å². The molecule has 2 heterocycles. The molecule has 1 aromatic carbocycles. The van der Waals surface area contributed by atoms with Gasteiger partial charge in [-0.25, -0.2) is 4.98 Å². The Morgan fingerprint density at radius 2 is 1.96 bits per heavy atom. The van der Waals surface area contributed by atoms with Crippen molar-refractivity contribution in [1.29, 1.82) is 0 Å². The van der Waals surface area contributed by atoms with E-state index in [1.165, 1.54) is 16.9 Å². The summed E-state index contributed by atoms with van der Waals surface area (Å²) in [6, 6.07) is 8.34. The third-order valence-corrected chi connectivity index (χ3v) is 5.33. The Hall–Kier alpha value is -2.14. The van der Waals surface area contributed by atoms with Crippen LogP contribution in [0, 0.1) is 0 Å². The van der Waals surface area contributed by atoms with E-state index >= 15 is 0 Å².